The molecule has 0 unspecified atom stereocenters. The summed E-state index contributed by atoms with van der Waals surface area (Å²) in [6.07, 6.45) is 3.40. The number of alkyl halides is 1. The Kier molecular flexibility index (Phi) is 7.05. The molecular formula is C8H14BrNO2. The van der Waals surface area contributed by atoms with Crippen LogP contribution < -0.4 is 5.32 Å². The van der Waals surface area contributed by atoms with Crippen molar-refractivity contribution in [3.05, 3.63) is 0 Å². The third kappa shape index (κ3) is 7.72. The second kappa shape index (κ2) is 7.28. The van der Waals surface area contributed by atoms with Crippen molar-refractivity contribution in [2.75, 3.05) is 5.33 Å². The molecule has 0 atom stereocenters. The van der Waals surface area contributed by atoms with E-state index in [1.165, 1.54) is 6.92 Å². The highest BCUT2D eigenvalue weighted by Gasteiger charge is 2.01. The van der Waals surface area contributed by atoms with E-state index < -0.39 is 0 Å². The molecule has 70 valence electrons. The molecule has 0 bridgehead atoms. The van der Waals surface area contributed by atoms with Gasteiger partial charge in [0.2, 0.25) is 11.8 Å². The van der Waals surface area contributed by atoms with Crippen LogP contribution in [-0.4, -0.2) is 17.1 Å². The highest BCUT2D eigenvalue weighted by Crippen LogP contribution is 2.01. The first-order valence-corrected chi connectivity index (χ1v) is 5.15. The molecule has 4 heteroatoms. The Morgan fingerprint density at radius 2 is 1.92 bits per heavy atom. The summed E-state index contributed by atoms with van der Waals surface area (Å²) in [5.41, 5.74) is 0. The number of halogens is 1. The van der Waals surface area contributed by atoms with E-state index in [0.29, 0.717) is 6.42 Å². The highest BCUT2D eigenvalue weighted by molar-refractivity contribution is 9.09. The molecule has 0 saturated heterocycles. The van der Waals surface area contributed by atoms with Crippen LogP contribution in [-0.2, 0) is 9.59 Å². The lowest BCUT2D eigenvalue weighted by molar-refractivity contribution is -0.129. The molecule has 0 aliphatic heterocycles. The predicted molar refractivity (Wildman–Crippen MR) is 51.1 cm³/mol. The summed E-state index contributed by atoms with van der Waals surface area (Å²) >= 11 is 3.30. The molecular weight excluding hydrogens is 222 g/mol. The molecule has 0 heterocycles. The Balaban J connectivity index is 3.26. The van der Waals surface area contributed by atoms with Crippen molar-refractivity contribution in [3.63, 3.8) is 0 Å². The SMILES string of the molecule is CC(=O)NC(=O)CCCCCBr. The minimum absolute atomic E-state index is 0.169. The first-order chi connectivity index (χ1) is 5.66. The number of amides is 2. The number of carbonyl (C=O) groups is 2. The number of unbranched alkanes of at least 4 members (excludes halogenated alkanes) is 2. The van der Waals surface area contributed by atoms with E-state index in [1.807, 2.05) is 0 Å². The largest absolute Gasteiger partial charge is 0.297 e. The number of imide groups is 1. The molecule has 0 aromatic heterocycles. The van der Waals surface area contributed by atoms with Gasteiger partial charge in [0.25, 0.3) is 0 Å². The first-order valence-electron chi connectivity index (χ1n) is 4.03. The average Bonchev–Trinajstić information content (AvgIpc) is 1.97. The zero-order chi connectivity index (χ0) is 9.40. The lowest BCUT2D eigenvalue weighted by Crippen LogP contribution is -2.27. The molecule has 0 aliphatic rings. The van der Waals surface area contributed by atoms with E-state index in [9.17, 15) is 9.59 Å². The van der Waals surface area contributed by atoms with Gasteiger partial charge >= 0.3 is 0 Å². The molecule has 0 aliphatic carbocycles. The number of hydrogen-bond donors (Lipinski definition) is 1. The lowest BCUT2D eigenvalue weighted by Gasteiger charge is -1.99. The third-order valence-corrected chi connectivity index (χ3v) is 1.91. The van der Waals surface area contributed by atoms with Crippen molar-refractivity contribution in [2.24, 2.45) is 0 Å². The molecule has 1 N–H and O–H groups in total. The highest BCUT2D eigenvalue weighted by atomic mass is 79.9. The molecule has 0 rings (SSSR count). The minimum atomic E-state index is -0.277. The van der Waals surface area contributed by atoms with Crippen LogP contribution in [0.1, 0.15) is 32.6 Å². The smallest absolute Gasteiger partial charge is 0.226 e. The third-order valence-electron chi connectivity index (χ3n) is 1.35. The summed E-state index contributed by atoms with van der Waals surface area (Å²) in [5, 5.41) is 3.20. The van der Waals surface area contributed by atoms with Crippen LogP contribution in [0.3, 0.4) is 0 Å². The zero-order valence-corrected chi connectivity index (χ0v) is 8.82. The van der Waals surface area contributed by atoms with E-state index in [0.717, 1.165) is 24.6 Å². The van der Waals surface area contributed by atoms with E-state index in [2.05, 4.69) is 21.2 Å². The number of carbonyl (C=O) groups excluding carboxylic acids is 2. The van der Waals surface area contributed by atoms with E-state index in [1.54, 1.807) is 0 Å². The molecule has 0 fully saturated rings. The van der Waals surface area contributed by atoms with Gasteiger partial charge in [0.1, 0.15) is 0 Å². The summed E-state index contributed by atoms with van der Waals surface area (Å²) < 4.78 is 0. The standard InChI is InChI=1S/C8H14BrNO2/c1-7(11)10-8(12)5-3-2-4-6-9/h2-6H2,1H3,(H,10,11,12). The van der Waals surface area contributed by atoms with Gasteiger partial charge < -0.3 is 0 Å². The topological polar surface area (TPSA) is 46.2 Å². The van der Waals surface area contributed by atoms with Crippen LogP contribution in [0.4, 0.5) is 0 Å². The number of nitrogens with one attached hydrogen (secondary N) is 1. The molecule has 0 aromatic rings. The van der Waals surface area contributed by atoms with Gasteiger partial charge in [-0.2, -0.15) is 0 Å². The molecule has 0 saturated carbocycles. The van der Waals surface area contributed by atoms with Crippen molar-refractivity contribution in [1.82, 2.24) is 5.32 Å². The van der Waals surface area contributed by atoms with Gasteiger partial charge in [-0.3, -0.25) is 14.9 Å². The predicted octanol–water partition coefficient (Wildman–Crippen LogP) is 1.60. The first kappa shape index (κ1) is 11.6. The normalized spacial score (nSPS) is 9.50. The van der Waals surface area contributed by atoms with Crippen LogP contribution in [0.2, 0.25) is 0 Å². The summed E-state index contributed by atoms with van der Waals surface area (Å²) in [6.45, 7) is 1.34. The summed E-state index contributed by atoms with van der Waals surface area (Å²) in [7, 11) is 0. The van der Waals surface area contributed by atoms with Crippen LogP contribution >= 0.6 is 15.9 Å². The van der Waals surface area contributed by atoms with Gasteiger partial charge in [-0.05, 0) is 12.8 Å². The maximum absolute atomic E-state index is 10.9. The molecule has 12 heavy (non-hydrogen) atoms. The molecule has 3 nitrogen and oxygen atoms in total. The average molecular weight is 236 g/mol. The molecule has 2 amide bonds. The Hall–Kier alpha value is -0.380. The van der Waals surface area contributed by atoms with Crippen LogP contribution in [0.5, 0.6) is 0 Å². The monoisotopic (exact) mass is 235 g/mol. The fourth-order valence-corrected chi connectivity index (χ4v) is 1.21. The van der Waals surface area contributed by atoms with Crippen molar-refractivity contribution in [2.45, 2.75) is 32.6 Å². The summed E-state index contributed by atoms with van der Waals surface area (Å²) in [5.74, 6) is -0.447. The van der Waals surface area contributed by atoms with Gasteiger partial charge in [0.15, 0.2) is 0 Å². The van der Waals surface area contributed by atoms with Crippen LogP contribution in [0.25, 0.3) is 0 Å². The fraction of sp³-hybridized carbons (Fsp3) is 0.750. The Bertz CT molecular complexity index is 159. The van der Waals surface area contributed by atoms with Crippen molar-refractivity contribution in [3.8, 4) is 0 Å². The molecule has 0 radical (unpaired) electrons. The van der Waals surface area contributed by atoms with E-state index >= 15 is 0 Å². The van der Waals surface area contributed by atoms with Gasteiger partial charge in [-0.25, -0.2) is 0 Å². The second-order valence-corrected chi connectivity index (χ2v) is 3.40. The zero-order valence-electron chi connectivity index (χ0n) is 7.23. The van der Waals surface area contributed by atoms with Gasteiger partial charge in [-0.15, -0.1) is 0 Å². The lowest BCUT2D eigenvalue weighted by atomic mass is 10.2. The number of hydrogen-bond acceptors (Lipinski definition) is 2. The van der Waals surface area contributed by atoms with Gasteiger partial charge in [-0.1, -0.05) is 22.4 Å². The van der Waals surface area contributed by atoms with Crippen molar-refractivity contribution < 1.29 is 9.59 Å². The summed E-state index contributed by atoms with van der Waals surface area (Å²) in [6, 6.07) is 0. The molecule has 0 aromatic carbocycles. The van der Waals surface area contributed by atoms with Gasteiger partial charge in [0.05, 0.1) is 0 Å². The maximum Gasteiger partial charge on any atom is 0.226 e. The van der Waals surface area contributed by atoms with Crippen molar-refractivity contribution in [1.29, 1.82) is 0 Å². The maximum atomic E-state index is 10.9. The number of rotatable bonds is 5. The van der Waals surface area contributed by atoms with Crippen molar-refractivity contribution >= 4 is 27.7 Å². The second-order valence-electron chi connectivity index (χ2n) is 2.60. The molecule has 0 spiro atoms. The van der Waals surface area contributed by atoms with Gasteiger partial charge in [0, 0.05) is 18.7 Å². The van der Waals surface area contributed by atoms with E-state index in [-0.39, 0.29) is 11.8 Å². The quantitative estimate of drug-likeness (QED) is 0.582. The van der Waals surface area contributed by atoms with Crippen LogP contribution in [0.15, 0.2) is 0 Å². The van der Waals surface area contributed by atoms with Crippen LogP contribution in [0, 0.1) is 0 Å². The Morgan fingerprint density at radius 3 is 2.42 bits per heavy atom. The minimum Gasteiger partial charge on any atom is -0.297 e. The Labute approximate surface area is 81.0 Å². The van der Waals surface area contributed by atoms with E-state index in [4.69, 9.17) is 0 Å². The Morgan fingerprint density at radius 1 is 1.25 bits per heavy atom. The summed E-state index contributed by atoms with van der Waals surface area (Å²) in [4.78, 5) is 21.3. The fourth-order valence-electron chi connectivity index (χ4n) is 0.816.